The molecule has 1 aliphatic heterocycles. The van der Waals surface area contributed by atoms with E-state index in [1.807, 2.05) is 19.9 Å². The summed E-state index contributed by atoms with van der Waals surface area (Å²) >= 11 is 0. The summed E-state index contributed by atoms with van der Waals surface area (Å²) in [6.07, 6.45) is 2.32. The number of rotatable bonds is 5. The number of H-pyrrole nitrogens is 1. The first-order chi connectivity index (χ1) is 13.0. The molecule has 8 heteroatoms. The van der Waals surface area contributed by atoms with Crippen LogP contribution in [0.15, 0.2) is 24.5 Å². The lowest BCUT2D eigenvalue weighted by Gasteiger charge is -2.17. The Bertz CT molecular complexity index is 958. The topological polar surface area (TPSA) is 87.2 Å². The zero-order valence-electron chi connectivity index (χ0n) is 15.3. The van der Waals surface area contributed by atoms with Gasteiger partial charge in [0.1, 0.15) is 17.8 Å². The van der Waals surface area contributed by atoms with E-state index in [0.717, 1.165) is 30.7 Å². The summed E-state index contributed by atoms with van der Waals surface area (Å²) in [5, 5.41) is 17.3. The van der Waals surface area contributed by atoms with Crippen LogP contribution in [0.4, 0.5) is 10.2 Å². The first-order valence-electron chi connectivity index (χ1n) is 9.07. The Morgan fingerprint density at radius 2 is 2.19 bits per heavy atom. The maximum Gasteiger partial charge on any atom is 0.167 e. The Balaban J connectivity index is 1.71. The molecule has 3 aromatic rings. The number of aromatic amines is 1. The van der Waals surface area contributed by atoms with E-state index in [9.17, 15) is 9.50 Å². The molecule has 2 N–H and O–H groups in total. The van der Waals surface area contributed by atoms with E-state index in [1.54, 1.807) is 6.07 Å². The summed E-state index contributed by atoms with van der Waals surface area (Å²) in [4.78, 5) is 10.8. The summed E-state index contributed by atoms with van der Waals surface area (Å²) in [5.41, 5.74) is 1.86. The minimum absolute atomic E-state index is 0.132. The van der Waals surface area contributed by atoms with Gasteiger partial charge in [-0.05, 0) is 26.3 Å². The van der Waals surface area contributed by atoms with Crippen LogP contribution in [0.25, 0.3) is 22.3 Å². The summed E-state index contributed by atoms with van der Waals surface area (Å²) in [6.45, 7) is 5.51. The van der Waals surface area contributed by atoms with Crippen LogP contribution in [0, 0.1) is 11.7 Å². The zero-order valence-corrected chi connectivity index (χ0v) is 15.3. The summed E-state index contributed by atoms with van der Waals surface area (Å²) in [5.74, 6) is 0.836. The van der Waals surface area contributed by atoms with Gasteiger partial charge in [0.2, 0.25) is 0 Å². The number of aliphatic hydroxyl groups is 1. The van der Waals surface area contributed by atoms with Gasteiger partial charge in [-0.1, -0.05) is 0 Å². The van der Waals surface area contributed by atoms with E-state index in [1.165, 1.54) is 12.4 Å². The standard InChI is InChI=1S/C19H22FN5O2/c1-11(2)27-17-5-13-15(6-14(17)20)23-24-19(13)16-7-18(22-10-21-16)25-4-3-12(8-25)9-26/h5-7,10-12,26H,3-4,8-9H2,1-2H3,(H,23,24)/t12-/m1/s1. The molecule has 1 aromatic carbocycles. The van der Waals surface area contributed by atoms with E-state index >= 15 is 0 Å². The average molecular weight is 371 g/mol. The van der Waals surface area contributed by atoms with Crippen LogP contribution in [0.5, 0.6) is 5.75 Å². The van der Waals surface area contributed by atoms with Gasteiger partial charge in [0.15, 0.2) is 11.6 Å². The Morgan fingerprint density at radius 1 is 1.33 bits per heavy atom. The highest BCUT2D eigenvalue weighted by atomic mass is 19.1. The van der Waals surface area contributed by atoms with Gasteiger partial charge in [0.25, 0.3) is 0 Å². The SMILES string of the molecule is CC(C)Oc1cc2c(-c3cc(N4CC[C@@H](CO)C4)ncn3)n[nH]c2cc1F. The van der Waals surface area contributed by atoms with Gasteiger partial charge in [0.05, 0.1) is 17.3 Å². The first kappa shape index (κ1) is 17.7. The van der Waals surface area contributed by atoms with Crippen LogP contribution in [0.1, 0.15) is 20.3 Å². The second kappa shape index (κ2) is 7.11. The molecule has 2 aromatic heterocycles. The van der Waals surface area contributed by atoms with Gasteiger partial charge in [-0.3, -0.25) is 5.10 Å². The van der Waals surface area contributed by atoms with Gasteiger partial charge in [0, 0.05) is 43.1 Å². The van der Waals surface area contributed by atoms with E-state index in [2.05, 4.69) is 25.1 Å². The molecule has 1 saturated heterocycles. The maximum atomic E-state index is 14.2. The predicted molar refractivity (Wildman–Crippen MR) is 100 cm³/mol. The molecule has 0 aliphatic carbocycles. The zero-order chi connectivity index (χ0) is 19.0. The molecule has 0 saturated carbocycles. The minimum atomic E-state index is -0.429. The highest BCUT2D eigenvalue weighted by molar-refractivity contribution is 5.93. The van der Waals surface area contributed by atoms with Crippen LogP contribution in [0.2, 0.25) is 0 Å². The molecular weight excluding hydrogens is 349 g/mol. The number of anilines is 1. The number of fused-ring (bicyclic) bond motifs is 1. The summed E-state index contributed by atoms with van der Waals surface area (Å²) in [6, 6.07) is 4.92. The average Bonchev–Trinajstić information content (AvgIpc) is 3.28. The number of ether oxygens (including phenoxy) is 1. The largest absolute Gasteiger partial charge is 0.488 e. The van der Waals surface area contributed by atoms with E-state index in [4.69, 9.17) is 4.74 Å². The van der Waals surface area contributed by atoms with Crippen molar-refractivity contribution in [3.63, 3.8) is 0 Å². The predicted octanol–water partition coefficient (Wildman–Crippen LogP) is 2.76. The molecule has 1 fully saturated rings. The Morgan fingerprint density at radius 3 is 2.93 bits per heavy atom. The molecule has 4 rings (SSSR count). The number of hydrogen-bond donors (Lipinski definition) is 2. The molecule has 1 atom stereocenters. The number of nitrogens with one attached hydrogen (secondary N) is 1. The van der Waals surface area contributed by atoms with Crippen molar-refractivity contribution in [3.05, 3.63) is 30.3 Å². The van der Waals surface area contributed by atoms with Gasteiger partial charge in [-0.25, -0.2) is 14.4 Å². The van der Waals surface area contributed by atoms with Crippen molar-refractivity contribution in [2.24, 2.45) is 5.92 Å². The second-order valence-electron chi connectivity index (χ2n) is 7.11. The van der Waals surface area contributed by atoms with Crippen molar-refractivity contribution in [2.45, 2.75) is 26.4 Å². The lowest BCUT2D eigenvalue weighted by molar-refractivity contribution is 0.231. The van der Waals surface area contributed by atoms with E-state index in [-0.39, 0.29) is 24.4 Å². The van der Waals surface area contributed by atoms with Crippen LogP contribution >= 0.6 is 0 Å². The second-order valence-corrected chi connectivity index (χ2v) is 7.11. The third-order valence-electron chi connectivity index (χ3n) is 4.74. The number of hydrogen-bond acceptors (Lipinski definition) is 6. The van der Waals surface area contributed by atoms with Crippen LogP contribution in [-0.4, -0.2) is 51.1 Å². The third kappa shape index (κ3) is 3.44. The molecule has 0 unspecified atom stereocenters. The van der Waals surface area contributed by atoms with Gasteiger partial charge in [-0.15, -0.1) is 0 Å². The van der Waals surface area contributed by atoms with Gasteiger partial charge in [-0.2, -0.15) is 5.10 Å². The normalized spacial score (nSPS) is 17.2. The van der Waals surface area contributed by atoms with Crippen LogP contribution < -0.4 is 9.64 Å². The van der Waals surface area contributed by atoms with Gasteiger partial charge < -0.3 is 14.7 Å². The number of nitrogens with zero attached hydrogens (tertiary/aromatic N) is 4. The number of aliphatic hydroxyl groups excluding tert-OH is 1. The fourth-order valence-corrected chi connectivity index (χ4v) is 3.40. The molecule has 27 heavy (non-hydrogen) atoms. The highest BCUT2D eigenvalue weighted by Crippen LogP contribution is 2.32. The molecule has 3 heterocycles. The maximum absolute atomic E-state index is 14.2. The van der Waals surface area contributed by atoms with Crippen molar-refractivity contribution in [3.8, 4) is 17.1 Å². The number of halogens is 1. The first-order valence-corrected chi connectivity index (χ1v) is 9.07. The van der Waals surface area contributed by atoms with E-state index < -0.39 is 5.82 Å². The van der Waals surface area contributed by atoms with Crippen molar-refractivity contribution in [2.75, 3.05) is 24.6 Å². The Kier molecular flexibility index (Phi) is 4.65. The molecule has 1 aliphatic rings. The van der Waals surface area contributed by atoms with Gasteiger partial charge >= 0.3 is 0 Å². The lowest BCUT2D eigenvalue weighted by Crippen LogP contribution is -2.21. The number of benzene rings is 1. The molecular formula is C19H22FN5O2. The molecule has 0 radical (unpaired) electrons. The van der Waals surface area contributed by atoms with Crippen molar-refractivity contribution in [1.29, 1.82) is 0 Å². The monoisotopic (exact) mass is 371 g/mol. The Labute approximate surface area is 156 Å². The van der Waals surface area contributed by atoms with Crippen molar-refractivity contribution < 1.29 is 14.2 Å². The summed E-state index contributed by atoms with van der Waals surface area (Å²) < 4.78 is 19.8. The fourth-order valence-electron chi connectivity index (χ4n) is 3.40. The fraction of sp³-hybridized carbons (Fsp3) is 0.421. The van der Waals surface area contributed by atoms with Crippen LogP contribution in [-0.2, 0) is 0 Å². The molecule has 0 amide bonds. The quantitative estimate of drug-likeness (QED) is 0.717. The smallest absolute Gasteiger partial charge is 0.167 e. The minimum Gasteiger partial charge on any atom is -0.488 e. The molecule has 142 valence electrons. The van der Waals surface area contributed by atoms with Crippen molar-refractivity contribution in [1.82, 2.24) is 20.2 Å². The summed E-state index contributed by atoms with van der Waals surface area (Å²) in [7, 11) is 0. The third-order valence-corrected chi connectivity index (χ3v) is 4.74. The highest BCUT2D eigenvalue weighted by Gasteiger charge is 2.23. The van der Waals surface area contributed by atoms with Crippen molar-refractivity contribution >= 4 is 16.7 Å². The van der Waals surface area contributed by atoms with E-state index in [0.29, 0.717) is 16.9 Å². The van der Waals surface area contributed by atoms with Crippen LogP contribution in [0.3, 0.4) is 0 Å². The lowest BCUT2D eigenvalue weighted by atomic mass is 10.1. The molecule has 0 bridgehead atoms. The Hall–Kier alpha value is -2.74. The molecule has 0 spiro atoms. The number of aromatic nitrogens is 4. The molecule has 7 nitrogen and oxygen atoms in total.